The summed E-state index contributed by atoms with van der Waals surface area (Å²) in [5, 5.41) is 16.3. The van der Waals surface area contributed by atoms with Crippen molar-refractivity contribution in [3.63, 3.8) is 0 Å². The van der Waals surface area contributed by atoms with Crippen LogP contribution in [-0.2, 0) is 6.42 Å². The van der Waals surface area contributed by atoms with Crippen LogP contribution in [0.5, 0.6) is 0 Å². The van der Waals surface area contributed by atoms with Crippen molar-refractivity contribution in [2.75, 3.05) is 5.32 Å². The average Bonchev–Trinajstić information content (AvgIpc) is 3.27. The van der Waals surface area contributed by atoms with Gasteiger partial charge in [-0.15, -0.1) is 15.3 Å². The Morgan fingerprint density at radius 3 is 2.73 bits per heavy atom. The summed E-state index contributed by atoms with van der Waals surface area (Å²) >= 11 is 0. The highest BCUT2D eigenvalue weighted by atomic mass is 19.1. The number of hydrogen-bond donors (Lipinski definition) is 1. The van der Waals surface area contributed by atoms with Crippen molar-refractivity contribution in [3.05, 3.63) is 77.6 Å². The molecule has 1 aliphatic rings. The minimum Gasteiger partial charge on any atom is -0.362 e. The predicted molar refractivity (Wildman–Crippen MR) is 97.3 cm³/mol. The van der Waals surface area contributed by atoms with E-state index in [1.54, 1.807) is 22.7 Å². The fourth-order valence-electron chi connectivity index (χ4n) is 3.56. The molecule has 1 N–H and O–H groups in total. The van der Waals surface area contributed by atoms with E-state index in [0.29, 0.717) is 17.0 Å². The van der Waals surface area contributed by atoms with Crippen molar-refractivity contribution in [2.45, 2.75) is 18.9 Å². The Balaban J connectivity index is 1.53. The number of aryl methyl sites for hydroxylation is 1. The molecule has 0 bridgehead atoms. The number of hydrogen-bond acceptors (Lipinski definition) is 4. The van der Waals surface area contributed by atoms with Crippen LogP contribution in [0.1, 0.15) is 23.6 Å². The first-order valence-corrected chi connectivity index (χ1v) is 8.61. The second-order valence-electron chi connectivity index (χ2n) is 6.43. The summed E-state index contributed by atoms with van der Waals surface area (Å²) in [5.74, 6) is 0.775. The molecular formula is C20H16FN5. The molecular weight excluding hydrogens is 329 g/mol. The maximum Gasteiger partial charge on any atom is 0.188 e. The van der Waals surface area contributed by atoms with E-state index in [-0.39, 0.29) is 11.9 Å². The summed E-state index contributed by atoms with van der Waals surface area (Å²) < 4.78 is 15.7. The second kappa shape index (κ2) is 5.91. The molecule has 0 unspecified atom stereocenters. The molecule has 0 aliphatic heterocycles. The minimum atomic E-state index is -0.341. The molecule has 5 nitrogen and oxygen atoms in total. The minimum absolute atomic E-state index is 0.226. The summed E-state index contributed by atoms with van der Waals surface area (Å²) in [5.41, 5.74) is 3.66. The molecule has 2 aromatic carbocycles. The lowest BCUT2D eigenvalue weighted by Gasteiger charge is -2.14. The Morgan fingerprint density at radius 1 is 0.962 bits per heavy atom. The number of anilines is 1. The van der Waals surface area contributed by atoms with E-state index >= 15 is 0 Å². The van der Waals surface area contributed by atoms with Crippen LogP contribution in [0.4, 0.5) is 10.2 Å². The first-order chi connectivity index (χ1) is 12.8. The van der Waals surface area contributed by atoms with E-state index in [4.69, 9.17) is 0 Å². The SMILES string of the molecule is Fc1ccccc1-c1nnc2ccc(N[C@@H]3CCc4ccccc43)nn12. The van der Waals surface area contributed by atoms with E-state index in [2.05, 4.69) is 44.9 Å². The number of aromatic nitrogens is 4. The molecule has 5 rings (SSSR count). The number of fused-ring (bicyclic) bond motifs is 2. The van der Waals surface area contributed by atoms with Crippen molar-refractivity contribution in [2.24, 2.45) is 0 Å². The molecule has 128 valence electrons. The Morgan fingerprint density at radius 2 is 1.81 bits per heavy atom. The van der Waals surface area contributed by atoms with Gasteiger partial charge in [0.1, 0.15) is 11.6 Å². The Bertz CT molecular complexity index is 1100. The maximum atomic E-state index is 14.1. The monoisotopic (exact) mass is 345 g/mol. The molecule has 6 heteroatoms. The third-order valence-electron chi connectivity index (χ3n) is 4.83. The quantitative estimate of drug-likeness (QED) is 0.609. The Hall–Kier alpha value is -3.28. The van der Waals surface area contributed by atoms with Gasteiger partial charge in [0.05, 0.1) is 11.6 Å². The molecule has 0 saturated heterocycles. The summed E-state index contributed by atoms with van der Waals surface area (Å²) in [4.78, 5) is 0. The summed E-state index contributed by atoms with van der Waals surface area (Å²) in [6, 6.07) is 18.9. The van der Waals surface area contributed by atoms with Crippen molar-refractivity contribution in [1.82, 2.24) is 19.8 Å². The standard InChI is InChI=1S/C20H16FN5/c21-16-8-4-3-7-15(16)20-24-23-19-12-11-18(25-26(19)20)22-17-10-9-13-5-1-2-6-14(13)17/h1-8,11-12,17H,9-10H2,(H,22,25)/t17-/m1/s1. The summed E-state index contributed by atoms with van der Waals surface area (Å²) in [7, 11) is 0. The van der Waals surface area contributed by atoms with Gasteiger partial charge in [0, 0.05) is 0 Å². The van der Waals surface area contributed by atoms with Gasteiger partial charge in [0.2, 0.25) is 0 Å². The van der Waals surface area contributed by atoms with Crippen LogP contribution >= 0.6 is 0 Å². The molecule has 0 amide bonds. The van der Waals surface area contributed by atoms with Gasteiger partial charge in [-0.05, 0) is 48.2 Å². The number of benzene rings is 2. The highest BCUT2D eigenvalue weighted by molar-refractivity contribution is 5.60. The van der Waals surface area contributed by atoms with Crippen LogP contribution in [0.15, 0.2) is 60.7 Å². The number of nitrogens with zero attached hydrogens (tertiary/aromatic N) is 4. The molecule has 4 aromatic rings. The lowest BCUT2D eigenvalue weighted by molar-refractivity contribution is 0.629. The molecule has 2 aromatic heterocycles. The van der Waals surface area contributed by atoms with Gasteiger partial charge in [-0.25, -0.2) is 4.39 Å². The van der Waals surface area contributed by atoms with Crippen LogP contribution in [-0.4, -0.2) is 19.8 Å². The second-order valence-corrected chi connectivity index (χ2v) is 6.43. The van der Waals surface area contributed by atoms with Crippen LogP contribution in [0.3, 0.4) is 0 Å². The van der Waals surface area contributed by atoms with Gasteiger partial charge in [0.25, 0.3) is 0 Å². The molecule has 1 aliphatic carbocycles. The topological polar surface area (TPSA) is 55.1 Å². The molecule has 0 radical (unpaired) electrons. The molecule has 0 saturated carbocycles. The Kier molecular flexibility index (Phi) is 3.41. The molecule has 2 heterocycles. The van der Waals surface area contributed by atoms with E-state index in [1.165, 1.54) is 17.2 Å². The summed E-state index contributed by atoms with van der Waals surface area (Å²) in [6.45, 7) is 0. The summed E-state index contributed by atoms with van der Waals surface area (Å²) in [6.07, 6.45) is 2.09. The molecule has 26 heavy (non-hydrogen) atoms. The molecule has 0 spiro atoms. The van der Waals surface area contributed by atoms with Gasteiger partial charge < -0.3 is 5.32 Å². The van der Waals surface area contributed by atoms with Gasteiger partial charge in [-0.2, -0.15) is 4.52 Å². The number of nitrogens with one attached hydrogen (secondary N) is 1. The third-order valence-corrected chi connectivity index (χ3v) is 4.83. The lowest BCUT2D eigenvalue weighted by Crippen LogP contribution is -2.10. The Labute approximate surface area is 149 Å². The zero-order valence-electron chi connectivity index (χ0n) is 13.9. The van der Waals surface area contributed by atoms with E-state index in [9.17, 15) is 4.39 Å². The largest absolute Gasteiger partial charge is 0.362 e. The van der Waals surface area contributed by atoms with Gasteiger partial charge in [-0.1, -0.05) is 36.4 Å². The number of halogens is 1. The van der Waals surface area contributed by atoms with Crippen molar-refractivity contribution >= 4 is 11.5 Å². The van der Waals surface area contributed by atoms with Crippen LogP contribution in [0, 0.1) is 5.82 Å². The lowest BCUT2D eigenvalue weighted by atomic mass is 10.1. The van der Waals surface area contributed by atoms with Crippen molar-refractivity contribution in [1.29, 1.82) is 0 Å². The predicted octanol–water partition coefficient (Wildman–Crippen LogP) is 4.03. The number of rotatable bonds is 3. The smallest absolute Gasteiger partial charge is 0.188 e. The third kappa shape index (κ3) is 2.42. The van der Waals surface area contributed by atoms with Crippen molar-refractivity contribution in [3.8, 4) is 11.4 Å². The van der Waals surface area contributed by atoms with E-state index < -0.39 is 0 Å². The van der Waals surface area contributed by atoms with Crippen molar-refractivity contribution < 1.29 is 4.39 Å². The molecule has 0 fully saturated rings. The zero-order chi connectivity index (χ0) is 17.5. The van der Waals surface area contributed by atoms with E-state index in [0.717, 1.165) is 18.7 Å². The normalized spacial score (nSPS) is 16.0. The van der Waals surface area contributed by atoms with Crippen LogP contribution < -0.4 is 5.32 Å². The first-order valence-electron chi connectivity index (χ1n) is 8.61. The van der Waals surface area contributed by atoms with E-state index in [1.807, 2.05) is 12.1 Å². The average molecular weight is 345 g/mol. The zero-order valence-corrected chi connectivity index (χ0v) is 13.9. The highest BCUT2D eigenvalue weighted by Gasteiger charge is 2.22. The highest BCUT2D eigenvalue weighted by Crippen LogP contribution is 2.33. The van der Waals surface area contributed by atoms with Gasteiger partial charge in [0.15, 0.2) is 11.5 Å². The van der Waals surface area contributed by atoms with Gasteiger partial charge >= 0.3 is 0 Å². The van der Waals surface area contributed by atoms with Gasteiger partial charge in [-0.3, -0.25) is 0 Å². The van der Waals surface area contributed by atoms with Crippen LogP contribution in [0.2, 0.25) is 0 Å². The fourth-order valence-corrected chi connectivity index (χ4v) is 3.56. The molecule has 1 atom stereocenters. The fraction of sp³-hybridized carbons (Fsp3) is 0.150. The maximum absolute atomic E-state index is 14.1. The van der Waals surface area contributed by atoms with Crippen LogP contribution in [0.25, 0.3) is 17.0 Å². The first kappa shape index (κ1) is 15.0.